The topological polar surface area (TPSA) is 50.1 Å². The lowest BCUT2D eigenvalue weighted by Gasteiger charge is -2.00. The largest absolute Gasteiger partial charge is 0.396 e. The highest BCUT2D eigenvalue weighted by Gasteiger charge is 1.97. The number of aliphatic hydroxyl groups excluding tert-OH is 1. The van der Waals surface area contributed by atoms with Gasteiger partial charge in [-0.3, -0.25) is 0 Å². The minimum Gasteiger partial charge on any atom is -0.396 e. The van der Waals surface area contributed by atoms with Crippen LogP contribution in [0.2, 0.25) is 0 Å². The second kappa shape index (κ2) is 7.43. The van der Waals surface area contributed by atoms with Gasteiger partial charge in [-0.05, 0) is 19.4 Å². The Labute approximate surface area is 91.3 Å². The maximum Gasteiger partial charge on any atom is 0.0949 e. The second-order valence-electron chi connectivity index (χ2n) is 3.68. The highest BCUT2D eigenvalue weighted by molar-refractivity contribution is 4.97. The summed E-state index contributed by atoms with van der Waals surface area (Å²) >= 11 is 0. The first kappa shape index (κ1) is 12.2. The molecule has 0 aliphatic carbocycles. The minimum atomic E-state index is 0.242. The Kier molecular flexibility index (Phi) is 6.04. The van der Waals surface area contributed by atoms with E-state index in [4.69, 9.17) is 5.11 Å². The zero-order valence-electron chi connectivity index (χ0n) is 9.45. The van der Waals surface area contributed by atoms with E-state index in [2.05, 4.69) is 23.4 Å². The molecule has 1 aromatic rings. The van der Waals surface area contributed by atoms with Crippen LogP contribution >= 0.6 is 0 Å². The number of hydrogen-bond donors (Lipinski definition) is 2. The van der Waals surface area contributed by atoms with Crippen LogP contribution < -0.4 is 5.32 Å². The number of aromatic nitrogens is 2. The molecule has 1 heterocycles. The van der Waals surface area contributed by atoms with E-state index in [9.17, 15) is 0 Å². The summed E-state index contributed by atoms with van der Waals surface area (Å²) in [7, 11) is 0. The number of nitrogens with zero attached hydrogens (tertiary/aromatic N) is 2. The van der Waals surface area contributed by atoms with Crippen LogP contribution in [0.5, 0.6) is 0 Å². The highest BCUT2D eigenvalue weighted by Crippen LogP contribution is 1.98. The van der Waals surface area contributed by atoms with E-state index < -0.39 is 0 Å². The average molecular weight is 211 g/mol. The smallest absolute Gasteiger partial charge is 0.0949 e. The van der Waals surface area contributed by atoms with Crippen LogP contribution in [0.1, 0.15) is 25.5 Å². The monoisotopic (exact) mass is 211 g/mol. The summed E-state index contributed by atoms with van der Waals surface area (Å²) in [6.07, 6.45) is 6.84. The van der Waals surface area contributed by atoms with Crippen molar-refractivity contribution in [2.75, 3.05) is 19.7 Å². The zero-order valence-corrected chi connectivity index (χ0v) is 9.45. The number of nitrogens with one attached hydrogen (secondary N) is 1. The SMILES string of the molecule is CCCNCCc1cn(CCCO)cn1. The summed E-state index contributed by atoms with van der Waals surface area (Å²) in [5.41, 5.74) is 1.12. The van der Waals surface area contributed by atoms with Crippen molar-refractivity contribution < 1.29 is 5.11 Å². The molecule has 0 fully saturated rings. The highest BCUT2D eigenvalue weighted by atomic mass is 16.3. The Morgan fingerprint density at radius 2 is 2.33 bits per heavy atom. The third-order valence-corrected chi connectivity index (χ3v) is 2.25. The van der Waals surface area contributed by atoms with Crippen LogP contribution in [-0.2, 0) is 13.0 Å². The third-order valence-electron chi connectivity index (χ3n) is 2.25. The Hall–Kier alpha value is -0.870. The van der Waals surface area contributed by atoms with Gasteiger partial charge in [0.15, 0.2) is 0 Å². The summed E-state index contributed by atoms with van der Waals surface area (Å²) in [6.45, 7) is 5.32. The van der Waals surface area contributed by atoms with Gasteiger partial charge >= 0.3 is 0 Å². The second-order valence-corrected chi connectivity index (χ2v) is 3.68. The van der Waals surface area contributed by atoms with Gasteiger partial charge in [-0.15, -0.1) is 0 Å². The molecule has 0 saturated heterocycles. The molecule has 0 unspecified atom stereocenters. The normalized spacial score (nSPS) is 10.8. The molecule has 0 radical (unpaired) electrons. The number of aliphatic hydroxyl groups is 1. The van der Waals surface area contributed by atoms with Crippen molar-refractivity contribution in [2.24, 2.45) is 0 Å². The molecular weight excluding hydrogens is 190 g/mol. The van der Waals surface area contributed by atoms with Gasteiger partial charge < -0.3 is 15.0 Å². The van der Waals surface area contributed by atoms with Gasteiger partial charge in [-0.2, -0.15) is 0 Å². The van der Waals surface area contributed by atoms with Crippen molar-refractivity contribution >= 4 is 0 Å². The average Bonchev–Trinajstić information content (AvgIpc) is 2.69. The van der Waals surface area contributed by atoms with Crippen molar-refractivity contribution in [3.8, 4) is 0 Å². The maximum atomic E-state index is 8.69. The van der Waals surface area contributed by atoms with Gasteiger partial charge in [0.25, 0.3) is 0 Å². The predicted molar refractivity (Wildman–Crippen MR) is 60.8 cm³/mol. The molecule has 0 aromatic carbocycles. The first-order valence-corrected chi connectivity index (χ1v) is 5.69. The van der Waals surface area contributed by atoms with Crippen molar-refractivity contribution in [3.05, 3.63) is 18.2 Å². The first-order chi connectivity index (χ1) is 7.36. The molecule has 15 heavy (non-hydrogen) atoms. The molecule has 0 atom stereocenters. The van der Waals surface area contributed by atoms with E-state index in [0.29, 0.717) is 0 Å². The molecule has 0 bridgehead atoms. The van der Waals surface area contributed by atoms with Crippen molar-refractivity contribution in [3.63, 3.8) is 0 Å². The van der Waals surface area contributed by atoms with Crippen molar-refractivity contribution in [1.82, 2.24) is 14.9 Å². The number of rotatable bonds is 8. The lowest BCUT2D eigenvalue weighted by molar-refractivity contribution is 0.279. The van der Waals surface area contributed by atoms with Gasteiger partial charge in [0.2, 0.25) is 0 Å². The lowest BCUT2D eigenvalue weighted by Crippen LogP contribution is -2.17. The molecule has 0 saturated carbocycles. The van der Waals surface area contributed by atoms with E-state index >= 15 is 0 Å². The van der Waals surface area contributed by atoms with Crippen molar-refractivity contribution in [2.45, 2.75) is 32.7 Å². The van der Waals surface area contributed by atoms with Crippen LogP contribution in [0, 0.1) is 0 Å². The molecule has 1 aromatic heterocycles. The van der Waals surface area contributed by atoms with E-state index in [1.54, 1.807) is 0 Å². The Balaban J connectivity index is 2.20. The van der Waals surface area contributed by atoms with Crippen LogP contribution in [0.4, 0.5) is 0 Å². The summed E-state index contributed by atoms with van der Waals surface area (Å²) in [4.78, 5) is 4.31. The molecule has 1 rings (SSSR count). The molecule has 0 aliphatic heterocycles. The fourth-order valence-corrected chi connectivity index (χ4v) is 1.43. The molecule has 0 spiro atoms. The minimum absolute atomic E-state index is 0.242. The van der Waals surface area contributed by atoms with Gasteiger partial charge in [0.05, 0.1) is 12.0 Å². The van der Waals surface area contributed by atoms with Gasteiger partial charge in [0.1, 0.15) is 0 Å². The molecule has 4 heteroatoms. The van der Waals surface area contributed by atoms with Crippen molar-refractivity contribution in [1.29, 1.82) is 0 Å². The van der Waals surface area contributed by atoms with Gasteiger partial charge in [-0.25, -0.2) is 4.98 Å². The van der Waals surface area contributed by atoms with Crippen LogP contribution in [-0.4, -0.2) is 34.4 Å². The van der Waals surface area contributed by atoms with Crippen LogP contribution in [0.3, 0.4) is 0 Å². The summed E-state index contributed by atoms with van der Waals surface area (Å²) in [5, 5.41) is 12.0. The molecular formula is C11H21N3O. The van der Waals surface area contributed by atoms with E-state index in [0.717, 1.165) is 38.2 Å². The molecule has 4 nitrogen and oxygen atoms in total. The Morgan fingerprint density at radius 3 is 3.07 bits per heavy atom. The summed E-state index contributed by atoms with van der Waals surface area (Å²) in [5.74, 6) is 0. The number of hydrogen-bond acceptors (Lipinski definition) is 3. The third kappa shape index (κ3) is 4.95. The molecule has 86 valence electrons. The molecule has 0 aliphatic rings. The fraction of sp³-hybridized carbons (Fsp3) is 0.727. The Bertz CT molecular complexity index is 260. The predicted octanol–water partition coefficient (Wildman–Crippen LogP) is 0.808. The van der Waals surface area contributed by atoms with E-state index in [-0.39, 0.29) is 6.61 Å². The summed E-state index contributed by atoms with van der Waals surface area (Å²) in [6, 6.07) is 0. The first-order valence-electron chi connectivity index (χ1n) is 5.69. The van der Waals surface area contributed by atoms with Crippen LogP contribution in [0.25, 0.3) is 0 Å². The van der Waals surface area contributed by atoms with E-state index in [1.807, 2.05) is 10.9 Å². The molecule has 0 amide bonds. The Morgan fingerprint density at radius 1 is 1.47 bits per heavy atom. The quantitative estimate of drug-likeness (QED) is 0.626. The molecule has 2 N–H and O–H groups in total. The van der Waals surface area contributed by atoms with Crippen LogP contribution in [0.15, 0.2) is 12.5 Å². The zero-order chi connectivity index (χ0) is 10.9. The summed E-state index contributed by atoms with van der Waals surface area (Å²) < 4.78 is 2.03. The van der Waals surface area contributed by atoms with Gasteiger partial charge in [-0.1, -0.05) is 6.92 Å². The number of imidazole rings is 1. The standard InChI is InChI=1S/C11H21N3O/c1-2-5-12-6-4-11-9-14(10-13-11)7-3-8-15/h9-10,12,15H,2-8H2,1H3. The number of aryl methyl sites for hydroxylation is 1. The van der Waals surface area contributed by atoms with Gasteiger partial charge in [0, 0.05) is 32.3 Å². The van der Waals surface area contributed by atoms with E-state index in [1.165, 1.54) is 6.42 Å². The maximum absolute atomic E-state index is 8.69. The fourth-order valence-electron chi connectivity index (χ4n) is 1.43. The lowest BCUT2D eigenvalue weighted by atomic mass is 10.3.